The number of fused-ring (bicyclic) bond motifs is 1. The van der Waals surface area contributed by atoms with Crippen LogP contribution in [-0.4, -0.2) is 71.7 Å². The number of nitrogens with zero attached hydrogens (tertiary/aromatic N) is 3. The summed E-state index contributed by atoms with van der Waals surface area (Å²) in [5, 5.41) is 12.8. The maximum Gasteiger partial charge on any atom is 0.255 e. The Kier molecular flexibility index (Phi) is 7.81. The van der Waals surface area contributed by atoms with Crippen LogP contribution in [0.2, 0.25) is 0 Å². The Hall–Kier alpha value is -3.66. The molecule has 4 rings (SSSR count). The van der Waals surface area contributed by atoms with Crippen molar-refractivity contribution in [1.29, 1.82) is 0 Å². The minimum Gasteiger partial charge on any atom is -0.489 e. The van der Waals surface area contributed by atoms with Crippen molar-refractivity contribution >= 4 is 23.4 Å². The number of aryl methyl sites for hydroxylation is 1. The van der Waals surface area contributed by atoms with Gasteiger partial charge in [0.2, 0.25) is 11.8 Å². The second kappa shape index (κ2) is 11.2. The van der Waals surface area contributed by atoms with Crippen LogP contribution >= 0.6 is 0 Å². The number of aromatic nitrogens is 2. The van der Waals surface area contributed by atoms with Gasteiger partial charge in [0.25, 0.3) is 5.91 Å². The lowest BCUT2D eigenvalue weighted by atomic mass is 9.76. The molecule has 35 heavy (non-hydrogen) atoms. The van der Waals surface area contributed by atoms with Crippen LogP contribution in [0, 0.1) is 5.41 Å². The molecule has 0 bridgehead atoms. The van der Waals surface area contributed by atoms with E-state index in [1.54, 1.807) is 42.3 Å². The molecule has 10 nitrogen and oxygen atoms in total. The van der Waals surface area contributed by atoms with Crippen molar-refractivity contribution in [1.82, 2.24) is 25.3 Å². The van der Waals surface area contributed by atoms with Gasteiger partial charge in [-0.3, -0.25) is 24.0 Å². The highest BCUT2D eigenvalue weighted by atomic mass is 16.5. The van der Waals surface area contributed by atoms with E-state index in [2.05, 4.69) is 21.0 Å². The fraction of sp³-hybridized carbons (Fsp3) is 0.440. The molecule has 0 radical (unpaired) electrons. The summed E-state index contributed by atoms with van der Waals surface area (Å²) in [6.07, 6.45) is 9.26. The molecule has 186 valence electrons. The van der Waals surface area contributed by atoms with Gasteiger partial charge in [-0.1, -0.05) is 24.3 Å². The zero-order valence-corrected chi connectivity index (χ0v) is 20.0. The average molecular weight is 481 g/mol. The van der Waals surface area contributed by atoms with Gasteiger partial charge in [0.15, 0.2) is 0 Å². The topological polar surface area (TPSA) is 118 Å². The van der Waals surface area contributed by atoms with E-state index in [0.29, 0.717) is 49.7 Å². The molecule has 0 aliphatic carbocycles. The van der Waals surface area contributed by atoms with Gasteiger partial charge in [0.05, 0.1) is 29.4 Å². The van der Waals surface area contributed by atoms with Crippen LogP contribution in [0.3, 0.4) is 0 Å². The van der Waals surface area contributed by atoms with Crippen molar-refractivity contribution in [2.24, 2.45) is 12.5 Å². The molecule has 3 amide bonds. The third-order valence-corrected chi connectivity index (χ3v) is 6.33. The number of carbonyl (C=O) groups excluding carboxylic acids is 3. The number of hydrogen-bond acceptors (Lipinski definition) is 6. The van der Waals surface area contributed by atoms with Gasteiger partial charge in [-0.05, 0) is 37.9 Å². The Morgan fingerprint density at radius 3 is 2.86 bits per heavy atom. The van der Waals surface area contributed by atoms with Crippen molar-refractivity contribution < 1.29 is 19.1 Å². The molecular weight excluding hydrogens is 448 g/mol. The Morgan fingerprint density at radius 2 is 2.03 bits per heavy atom. The maximum absolute atomic E-state index is 13.3. The molecule has 1 aromatic carbocycles. The molecule has 3 heterocycles. The van der Waals surface area contributed by atoms with Crippen molar-refractivity contribution in [3.8, 4) is 5.75 Å². The molecular formula is C25H32N6O4. The first-order valence-electron chi connectivity index (χ1n) is 11.9. The van der Waals surface area contributed by atoms with Gasteiger partial charge in [-0.2, -0.15) is 5.10 Å². The molecule has 0 saturated carbocycles. The highest BCUT2D eigenvalue weighted by Gasteiger charge is 2.41. The van der Waals surface area contributed by atoms with Crippen molar-refractivity contribution in [3.05, 3.63) is 54.4 Å². The molecule has 1 fully saturated rings. The second-order valence-corrected chi connectivity index (χ2v) is 9.04. The molecule has 10 heteroatoms. The Labute approximate surface area is 204 Å². The minimum absolute atomic E-state index is 0.0628. The SMILES string of the molecule is Cn1cc(NC(=O)CN2CCCC3(C/C=C\COc4ccccc4C(=O)NCCNC3=O)C2)cn1. The smallest absolute Gasteiger partial charge is 0.255 e. The number of amides is 3. The summed E-state index contributed by atoms with van der Waals surface area (Å²) in [4.78, 5) is 40.5. The van der Waals surface area contributed by atoms with E-state index >= 15 is 0 Å². The first-order chi connectivity index (χ1) is 16.9. The number of benzene rings is 1. The number of likely N-dealkylation sites (tertiary alicyclic amines) is 1. The van der Waals surface area contributed by atoms with Crippen LogP contribution in [0.1, 0.15) is 29.6 Å². The van der Waals surface area contributed by atoms with E-state index in [1.807, 2.05) is 23.1 Å². The number of para-hydroxylation sites is 1. The standard InChI is InChI=1S/C25H32N6O4/c1-30-16-19(15-28-30)29-22(32)17-31-13-6-10-25(18-31)9-4-5-14-35-21-8-3-2-7-20(21)23(33)26-11-12-27-24(25)34/h2-5,7-8,15-16H,6,9-14,17-18H2,1H3,(H,26,33)(H,27,34)(H,29,32)/b5-4-. The van der Waals surface area contributed by atoms with Gasteiger partial charge in [0, 0.05) is 32.9 Å². The molecule has 3 N–H and O–H groups in total. The van der Waals surface area contributed by atoms with Gasteiger partial charge in [0.1, 0.15) is 12.4 Å². The zero-order valence-electron chi connectivity index (χ0n) is 20.0. The van der Waals surface area contributed by atoms with E-state index in [0.717, 1.165) is 19.4 Å². The van der Waals surface area contributed by atoms with Crippen LogP contribution in [0.25, 0.3) is 0 Å². The predicted octanol–water partition coefficient (Wildman–Crippen LogP) is 1.33. The second-order valence-electron chi connectivity index (χ2n) is 9.04. The first kappa shape index (κ1) is 24.5. The van der Waals surface area contributed by atoms with Crippen molar-refractivity contribution in [2.75, 3.05) is 44.6 Å². The number of ether oxygens (including phenoxy) is 1. The summed E-state index contributed by atoms with van der Waals surface area (Å²) in [5.74, 6) is 0.0804. The third-order valence-electron chi connectivity index (χ3n) is 6.33. The lowest BCUT2D eigenvalue weighted by Crippen LogP contribution is -2.53. The maximum atomic E-state index is 13.3. The minimum atomic E-state index is -0.657. The van der Waals surface area contributed by atoms with Crippen LogP contribution in [0.4, 0.5) is 5.69 Å². The number of piperidine rings is 1. The summed E-state index contributed by atoms with van der Waals surface area (Å²) >= 11 is 0. The normalized spacial score (nSPS) is 22.8. The predicted molar refractivity (Wildman–Crippen MR) is 131 cm³/mol. The van der Waals surface area contributed by atoms with Gasteiger partial charge in [-0.15, -0.1) is 0 Å². The molecule has 1 saturated heterocycles. The lowest BCUT2D eigenvalue weighted by Gasteiger charge is -2.41. The number of allylic oxidation sites excluding steroid dienone is 1. The summed E-state index contributed by atoms with van der Waals surface area (Å²) < 4.78 is 7.45. The van der Waals surface area contributed by atoms with Crippen LogP contribution in [-0.2, 0) is 16.6 Å². The Bertz CT molecular complexity index is 1100. The summed E-state index contributed by atoms with van der Waals surface area (Å²) in [6.45, 7) is 2.33. The fourth-order valence-corrected chi connectivity index (χ4v) is 4.63. The highest BCUT2D eigenvalue weighted by Crippen LogP contribution is 2.34. The zero-order chi connectivity index (χ0) is 24.7. The van der Waals surface area contributed by atoms with Crippen molar-refractivity contribution in [2.45, 2.75) is 19.3 Å². The summed E-state index contributed by atoms with van der Waals surface area (Å²) in [5.41, 5.74) is 0.454. The largest absolute Gasteiger partial charge is 0.489 e. The first-order valence-corrected chi connectivity index (χ1v) is 11.9. The van der Waals surface area contributed by atoms with Gasteiger partial charge >= 0.3 is 0 Å². The molecule has 1 spiro atoms. The van der Waals surface area contributed by atoms with Crippen molar-refractivity contribution in [3.63, 3.8) is 0 Å². The monoisotopic (exact) mass is 480 g/mol. The number of hydrogen-bond donors (Lipinski definition) is 3. The lowest BCUT2D eigenvalue weighted by molar-refractivity contribution is -0.135. The van der Waals surface area contributed by atoms with Gasteiger partial charge < -0.3 is 20.7 Å². The molecule has 2 aromatic rings. The van der Waals surface area contributed by atoms with Crippen LogP contribution in [0.15, 0.2) is 48.8 Å². The molecule has 1 atom stereocenters. The Morgan fingerprint density at radius 1 is 1.20 bits per heavy atom. The van der Waals surface area contributed by atoms with Crippen LogP contribution in [0.5, 0.6) is 5.75 Å². The number of anilines is 1. The number of rotatable bonds is 3. The third kappa shape index (κ3) is 6.27. The number of carbonyl (C=O) groups is 3. The molecule has 1 unspecified atom stereocenters. The number of nitrogens with one attached hydrogen (secondary N) is 3. The average Bonchev–Trinajstić information content (AvgIpc) is 3.25. The Balaban J connectivity index is 1.44. The van der Waals surface area contributed by atoms with E-state index in [-0.39, 0.29) is 24.3 Å². The molecule has 2 aliphatic heterocycles. The van der Waals surface area contributed by atoms with E-state index in [1.165, 1.54) is 0 Å². The van der Waals surface area contributed by atoms with Crippen LogP contribution < -0.4 is 20.7 Å². The molecule has 1 aromatic heterocycles. The summed E-state index contributed by atoms with van der Waals surface area (Å²) in [6, 6.07) is 7.11. The van der Waals surface area contributed by atoms with E-state index in [9.17, 15) is 14.4 Å². The molecule has 2 aliphatic rings. The van der Waals surface area contributed by atoms with E-state index in [4.69, 9.17) is 4.74 Å². The fourth-order valence-electron chi connectivity index (χ4n) is 4.63. The highest BCUT2D eigenvalue weighted by molar-refractivity contribution is 5.97. The van der Waals surface area contributed by atoms with Gasteiger partial charge in [-0.25, -0.2) is 0 Å². The van der Waals surface area contributed by atoms with E-state index < -0.39 is 5.41 Å². The quantitative estimate of drug-likeness (QED) is 0.571. The summed E-state index contributed by atoms with van der Waals surface area (Å²) in [7, 11) is 1.79.